The molecule has 0 radical (unpaired) electrons. The topological polar surface area (TPSA) is 62.6 Å². The number of hydrogen-bond donors (Lipinski definition) is 1. The average Bonchev–Trinajstić information content (AvgIpc) is 2.53. The van der Waals surface area contributed by atoms with Crippen LogP contribution >= 0.6 is 0 Å². The molecule has 1 aromatic carbocycles. The van der Waals surface area contributed by atoms with Crippen LogP contribution in [0.2, 0.25) is 0 Å². The van der Waals surface area contributed by atoms with Crippen LogP contribution < -0.4 is 15.8 Å². The van der Waals surface area contributed by atoms with Crippen LogP contribution in [0.25, 0.3) is 11.0 Å². The van der Waals surface area contributed by atoms with E-state index in [4.69, 9.17) is 10.8 Å². The number of terminal acetylenes is 1. The summed E-state index contributed by atoms with van der Waals surface area (Å²) in [6.07, 6.45) is 5.08. The fourth-order valence-electron chi connectivity index (χ4n) is 2.27. The second kappa shape index (κ2) is 6.81. The molecule has 0 aliphatic heterocycles. The number of carbonyl (C=O) groups excluding carboxylic acids is 1. The first-order chi connectivity index (χ1) is 10.6. The third-order valence-corrected chi connectivity index (χ3v) is 3.44. The quantitative estimate of drug-likeness (QED) is 0.677. The molecule has 1 amide bonds. The zero-order chi connectivity index (χ0) is 16.1. The van der Waals surface area contributed by atoms with E-state index in [0.717, 1.165) is 18.8 Å². The van der Waals surface area contributed by atoms with E-state index in [1.54, 1.807) is 0 Å². The van der Waals surface area contributed by atoms with Crippen molar-refractivity contribution >= 4 is 22.6 Å². The molecule has 0 fully saturated rings. The molecule has 0 aliphatic carbocycles. The Morgan fingerprint density at radius 2 is 2.05 bits per heavy atom. The van der Waals surface area contributed by atoms with Crippen molar-refractivity contribution in [2.45, 2.75) is 13.8 Å². The van der Waals surface area contributed by atoms with Crippen LogP contribution in [0.3, 0.4) is 0 Å². The number of anilines is 1. The Hall–Kier alpha value is -2.74. The molecule has 0 aliphatic rings. The normalized spacial score (nSPS) is 10.2. The predicted octanol–water partition coefficient (Wildman–Crippen LogP) is 2.00. The van der Waals surface area contributed by atoms with Gasteiger partial charge >= 0.3 is 5.63 Å². The van der Waals surface area contributed by atoms with E-state index >= 15 is 0 Å². The first-order valence-corrected chi connectivity index (χ1v) is 7.15. The Kier molecular flexibility index (Phi) is 4.84. The molecule has 0 bridgehead atoms. The molecule has 5 heteroatoms. The SMILES string of the molecule is C#CCNC(=O)c1cc2ccc(N(CC)CC)cc2oc1=O. The van der Waals surface area contributed by atoms with Crippen LogP contribution in [0, 0.1) is 12.3 Å². The molecule has 0 saturated heterocycles. The van der Waals surface area contributed by atoms with E-state index in [1.807, 2.05) is 18.2 Å². The van der Waals surface area contributed by atoms with E-state index < -0.39 is 11.5 Å². The van der Waals surface area contributed by atoms with E-state index in [1.165, 1.54) is 6.07 Å². The first kappa shape index (κ1) is 15.6. The maximum Gasteiger partial charge on any atom is 0.349 e. The monoisotopic (exact) mass is 298 g/mol. The van der Waals surface area contributed by atoms with Crippen LogP contribution in [0.5, 0.6) is 0 Å². The van der Waals surface area contributed by atoms with Gasteiger partial charge in [0.15, 0.2) is 0 Å². The number of benzene rings is 1. The molecule has 0 saturated carbocycles. The van der Waals surface area contributed by atoms with Crippen molar-refractivity contribution in [3.05, 3.63) is 40.2 Å². The number of amides is 1. The van der Waals surface area contributed by atoms with Crippen molar-refractivity contribution in [1.82, 2.24) is 5.32 Å². The summed E-state index contributed by atoms with van der Waals surface area (Å²) in [4.78, 5) is 26.0. The smallest absolute Gasteiger partial charge is 0.349 e. The van der Waals surface area contributed by atoms with Gasteiger partial charge in [-0.2, -0.15) is 0 Å². The number of hydrogen-bond acceptors (Lipinski definition) is 4. The minimum atomic E-state index is -0.668. The average molecular weight is 298 g/mol. The van der Waals surface area contributed by atoms with Gasteiger partial charge in [0, 0.05) is 30.2 Å². The molecule has 1 heterocycles. The van der Waals surface area contributed by atoms with Gasteiger partial charge in [0.2, 0.25) is 0 Å². The fourth-order valence-corrected chi connectivity index (χ4v) is 2.27. The van der Waals surface area contributed by atoms with E-state index in [2.05, 4.69) is 30.0 Å². The molecule has 114 valence electrons. The lowest BCUT2D eigenvalue weighted by atomic mass is 10.1. The fraction of sp³-hybridized carbons (Fsp3) is 0.294. The number of nitrogens with one attached hydrogen (secondary N) is 1. The van der Waals surface area contributed by atoms with Gasteiger partial charge in [-0.05, 0) is 32.0 Å². The van der Waals surface area contributed by atoms with E-state index in [-0.39, 0.29) is 12.1 Å². The molecule has 0 spiro atoms. The summed E-state index contributed by atoms with van der Waals surface area (Å²) in [5.41, 5.74) is 0.727. The first-order valence-electron chi connectivity index (χ1n) is 7.15. The number of rotatable bonds is 5. The molecule has 0 unspecified atom stereocenters. The van der Waals surface area contributed by atoms with Crippen LogP contribution in [0.15, 0.2) is 33.5 Å². The summed E-state index contributed by atoms with van der Waals surface area (Å²) in [5.74, 6) is 1.76. The lowest BCUT2D eigenvalue weighted by Gasteiger charge is -2.20. The number of nitrogens with zero attached hydrogens (tertiary/aromatic N) is 1. The molecular formula is C17H18N2O3. The van der Waals surface area contributed by atoms with Gasteiger partial charge in [-0.15, -0.1) is 6.42 Å². The van der Waals surface area contributed by atoms with Crippen molar-refractivity contribution in [3.8, 4) is 12.3 Å². The van der Waals surface area contributed by atoms with Gasteiger partial charge in [-0.25, -0.2) is 4.79 Å². The molecule has 2 rings (SSSR count). The highest BCUT2D eigenvalue weighted by Crippen LogP contribution is 2.21. The van der Waals surface area contributed by atoms with Gasteiger partial charge in [-0.3, -0.25) is 4.79 Å². The zero-order valence-corrected chi connectivity index (χ0v) is 12.7. The molecule has 22 heavy (non-hydrogen) atoms. The maximum absolute atomic E-state index is 12.0. The van der Waals surface area contributed by atoms with Gasteiger partial charge in [0.25, 0.3) is 5.91 Å². The van der Waals surface area contributed by atoms with Crippen LogP contribution in [-0.2, 0) is 0 Å². The summed E-state index contributed by atoms with van der Waals surface area (Å²) in [6.45, 7) is 5.90. The second-order valence-electron chi connectivity index (χ2n) is 4.73. The molecule has 1 aromatic heterocycles. The summed E-state index contributed by atoms with van der Waals surface area (Å²) in [5, 5.41) is 3.15. The van der Waals surface area contributed by atoms with Crippen LogP contribution in [0.4, 0.5) is 5.69 Å². The minimum Gasteiger partial charge on any atom is -0.422 e. The summed E-state index contributed by atoms with van der Waals surface area (Å²) in [6, 6.07) is 7.12. The highest BCUT2D eigenvalue weighted by molar-refractivity contribution is 5.97. The minimum absolute atomic E-state index is 0.0432. The Labute approximate surface area is 128 Å². The van der Waals surface area contributed by atoms with Gasteiger partial charge in [-0.1, -0.05) is 5.92 Å². The molecular weight excluding hydrogens is 280 g/mol. The third kappa shape index (κ3) is 3.12. The van der Waals surface area contributed by atoms with Crippen LogP contribution in [-0.4, -0.2) is 25.5 Å². The van der Waals surface area contributed by atoms with Gasteiger partial charge in [0.05, 0.1) is 6.54 Å². The molecule has 0 atom stereocenters. The van der Waals surface area contributed by atoms with Crippen molar-refractivity contribution in [2.75, 3.05) is 24.5 Å². The largest absolute Gasteiger partial charge is 0.422 e. The lowest BCUT2D eigenvalue weighted by molar-refractivity contribution is 0.0955. The van der Waals surface area contributed by atoms with Crippen LogP contribution in [0.1, 0.15) is 24.2 Å². The second-order valence-corrected chi connectivity index (χ2v) is 4.73. The van der Waals surface area contributed by atoms with E-state index in [0.29, 0.717) is 11.0 Å². The summed E-state index contributed by atoms with van der Waals surface area (Å²) in [7, 11) is 0. The zero-order valence-electron chi connectivity index (χ0n) is 12.7. The summed E-state index contributed by atoms with van der Waals surface area (Å²) < 4.78 is 5.28. The van der Waals surface area contributed by atoms with Crippen molar-refractivity contribution in [2.24, 2.45) is 0 Å². The number of fused-ring (bicyclic) bond motifs is 1. The third-order valence-electron chi connectivity index (χ3n) is 3.44. The lowest BCUT2D eigenvalue weighted by Crippen LogP contribution is -2.28. The Bertz CT molecular complexity index is 783. The van der Waals surface area contributed by atoms with Gasteiger partial charge < -0.3 is 14.6 Å². The van der Waals surface area contributed by atoms with Crippen molar-refractivity contribution in [3.63, 3.8) is 0 Å². The van der Waals surface area contributed by atoms with Crippen molar-refractivity contribution < 1.29 is 9.21 Å². The van der Waals surface area contributed by atoms with E-state index in [9.17, 15) is 9.59 Å². The highest BCUT2D eigenvalue weighted by Gasteiger charge is 2.13. The number of carbonyl (C=O) groups is 1. The Morgan fingerprint density at radius 1 is 1.32 bits per heavy atom. The Balaban J connectivity index is 2.44. The maximum atomic E-state index is 12.0. The van der Waals surface area contributed by atoms with Gasteiger partial charge in [0.1, 0.15) is 11.1 Å². The Morgan fingerprint density at radius 3 is 2.68 bits per heavy atom. The molecule has 5 nitrogen and oxygen atoms in total. The molecule has 1 N–H and O–H groups in total. The van der Waals surface area contributed by atoms with Crippen molar-refractivity contribution in [1.29, 1.82) is 0 Å². The highest BCUT2D eigenvalue weighted by atomic mass is 16.4. The molecule has 2 aromatic rings. The predicted molar refractivity (Wildman–Crippen MR) is 87.2 cm³/mol. The summed E-state index contributed by atoms with van der Waals surface area (Å²) >= 11 is 0. The standard InChI is InChI=1S/C17H18N2O3/c1-4-9-18-16(20)14-10-12-7-8-13(19(5-2)6-3)11-15(12)22-17(14)21/h1,7-8,10-11H,5-6,9H2,2-3H3,(H,18,20).